The Balaban J connectivity index is 2.15. The quantitative estimate of drug-likeness (QED) is 0.920. The molecule has 1 heterocycles. The van der Waals surface area contributed by atoms with Crippen LogP contribution in [0, 0.1) is 5.41 Å². The maximum Gasteiger partial charge on any atom is 0.0377 e. The summed E-state index contributed by atoms with van der Waals surface area (Å²) in [5.41, 5.74) is 3.10. The van der Waals surface area contributed by atoms with Gasteiger partial charge in [-0.05, 0) is 36.6 Å². The molecule has 2 nitrogen and oxygen atoms in total. The molecule has 1 aromatic carbocycles. The molecule has 94 valence electrons. The van der Waals surface area contributed by atoms with Gasteiger partial charge in [-0.15, -0.1) is 0 Å². The predicted octanol–water partition coefficient (Wildman–Crippen LogP) is 3.40. The second-order valence-electron chi connectivity index (χ2n) is 5.64. The number of hydrogen-bond donors (Lipinski definition) is 1. The first-order valence-electron chi connectivity index (χ1n) is 6.20. The smallest absolute Gasteiger partial charge is 0.0377 e. The van der Waals surface area contributed by atoms with Crippen molar-refractivity contribution in [1.29, 1.82) is 0 Å². The number of hydrogen-bond acceptors (Lipinski definition) is 2. The average Bonchev–Trinajstić information content (AvgIpc) is 2.62. The lowest BCUT2D eigenvalue weighted by molar-refractivity contribution is 0.418. The van der Waals surface area contributed by atoms with Crippen molar-refractivity contribution in [2.24, 2.45) is 5.41 Å². The summed E-state index contributed by atoms with van der Waals surface area (Å²) < 4.78 is 1.20. The largest absolute Gasteiger partial charge is 0.371 e. The lowest BCUT2D eigenvalue weighted by atomic mass is 9.93. The van der Waals surface area contributed by atoms with E-state index in [0.717, 1.165) is 13.1 Å². The van der Waals surface area contributed by atoms with E-state index in [2.05, 4.69) is 58.2 Å². The molecule has 0 spiro atoms. The highest BCUT2D eigenvalue weighted by atomic mass is 79.9. The lowest BCUT2D eigenvalue weighted by Gasteiger charge is -2.22. The minimum atomic E-state index is 0.454. The van der Waals surface area contributed by atoms with Crippen LogP contribution in [0.3, 0.4) is 0 Å². The summed E-state index contributed by atoms with van der Waals surface area (Å²) in [6, 6.07) is 6.69. The zero-order chi connectivity index (χ0) is 12.5. The van der Waals surface area contributed by atoms with E-state index >= 15 is 0 Å². The third-order valence-electron chi connectivity index (χ3n) is 3.45. The number of nitrogens with one attached hydrogen (secondary N) is 1. The van der Waals surface area contributed by atoms with Gasteiger partial charge in [-0.1, -0.05) is 35.8 Å². The summed E-state index contributed by atoms with van der Waals surface area (Å²) in [5, 5.41) is 3.18. The maximum absolute atomic E-state index is 3.66. The monoisotopic (exact) mass is 296 g/mol. The van der Waals surface area contributed by atoms with Crippen LogP contribution in [-0.2, 0) is 6.54 Å². The van der Waals surface area contributed by atoms with E-state index in [1.807, 2.05) is 7.05 Å². The summed E-state index contributed by atoms with van der Waals surface area (Å²) in [6.07, 6.45) is 1.28. The van der Waals surface area contributed by atoms with Crippen LogP contribution in [0.1, 0.15) is 25.8 Å². The molecular weight excluding hydrogens is 276 g/mol. The van der Waals surface area contributed by atoms with Gasteiger partial charge in [-0.3, -0.25) is 0 Å². The van der Waals surface area contributed by atoms with Gasteiger partial charge in [0.1, 0.15) is 0 Å². The Kier molecular flexibility index (Phi) is 3.79. The molecule has 1 aliphatic rings. The Morgan fingerprint density at radius 3 is 2.71 bits per heavy atom. The molecule has 0 aromatic heterocycles. The zero-order valence-electron chi connectivity index (χ0n) is 10.9. The van der Waals surface area contributed by atoms with E-state index in [4.69, 9.17) is 0 Å². The third kappa shape index (κ3) is 3.02. The van der Waals surface area contributed by atoms with Crippen LogP contribution in [0.5, 0.6) is 0 Å². The van der Waals surface area contributed by atoms with Gasteiger partial charge in [0.05, 0.1) is 0 Å². The second kappa shape index (κ2) is 4.99. The fourth-order valence-corrected chi connectivity index (χ4v) is 2.91. The summed E-state index contributed by atoms with van der Waals surface area (Å²) in [6.45, 7) is 7.93. The second-order valence-corrected chi connectivity index (χ2v) is 6.50. The van der Waals surface area contributed by atoms with Crippen molar-refractivity contribution in [2.75, 3.05) is 25.0 Å². The molecule has 0 radical (unpaired) electrons. The first kappa shape index (κ1) is 12.9. The summed E-state index contributed by atoms with van der Waals surface area (Å²) >= 11 is 3.66. The van der Waals surface area contributed by atoms with Gasteiger partial charge in [0, 0.05) is 29.8 Å². The van der Waals surface area contributed by atoms with Crippen molar-refractivity contribution in [3.8, 4) is 0 Å². The Hall–Kier alpha value is -0.540. The molecule has 0 atom stereocenters. The van der Waals surface area contributed by atoms with Gasteiger partial charge in [0.15, 0.2) is 0 Å². The maximum atomic E-state index is 3.66. The van der Waals surface area contributed by atoms with E-state index in [1.54, 1.807) is 0 Å². The SMILES string of the molecule is CNCc1ccc(N2CCC(C)(C)C2)cc1Br. The number of benzene rings is 1. The van der Waals surface area contributed by atoms with E-state index in [0.29, 0.717) is 5.41 Å². The topological polar surface area (TPSA) is 15.3 Å². The standard InChI is InChI=1S/C14H21BrN2/c1-14(2)6-7-17(10-14)12-5-4-11(9-16-3)13(15)8-12/h4-5,8,16H,6-7,9-10H2,1-3H3. The normalized spacial score (nSPS) is 18.7. The molecule has 0 amide bonds. The van der Waals surface area contributed by atoms with Crippen LogP contribution in [0.25, 0.3) is 0 Å². The lowest BCUT2D eigenvalue weighted by Crippen LogP contribution is -2.22. The van der Waals surface area contributed by atoms with E-state index in [9.17, 15) is 0 Å². The van der Waals surface area contributed by atoms with Crippen LogP contribution in [0.15, 0.2) is 22.7 Å². The fraction of sp³-hybridized carbons (Fsp3) is 0.571. The van der Waals surface area contributed by atoms with Crippen LogP contribution in [0.2, 0.25) is 0 Å². The number of anilines is 1. The Bertz CT molecular complexity index is 401. The Morgan fingerprint density at radius 2 is 2.18 bits per heavy atom. The molecule has 0 bridgehead atoms. The van der Waals surface area contributed by atoms with E-state index in [-0.39, 0.29) is 0 Å². The van der Waals surface area contributed by atoms with Crippen molar-refractivity contribution in [2.45, 2.75) is 26.8 Å². The molecule has 1 fully saturated rings. The highest BCUT2D eigenvalue weighted by Gasteiger charge is 2.29. The molecule has 3 heteroatoms. The molecule has 0 aliphatic carbocycles. The Morgan fingerprint density at radius 1 is 1.41 bits per heavy atom. The fourth-order valence-electron chi connectivity index (χ4n) is 2.40. The Labute approximate surface area is 113 Å². The average molecular weight is 297 g/mol. The van der Waals surface area contributed by atoms with Crippen LogP contribution >= 0.6 is 15.9 Å². The minimum Gasteiger partial charge on any atom is -0.371 e. The van der Waals surface area contributed by atoms with Crippen molar-refractivity contribution in [3.63, 3.8) is 0 Å². The summed E-state index contributed by atoms with van der Waals surface area (Å²) in [4.78, 5) is 2.48. The summed E-state index contributed by atoms with van der Waals surface area (Å²) in [5.74, 6) is 0. The van der Waals surface area contributed by atoms with Crippen LogP contribution in [0.4, 0.5) is 5.69 Å². The van der Waals surface area contributed by atoms with E-state index < -0.39 is 0 Å². The molecule has 1 aromatic rings. The van der Waals surface area contributed by atoms with Crippen molar-refractivity contribution in [3.05, 3.63) is 28.2 Å². The molecule has 1 aliphatic heterocycles. The predicted molar refractivity (Wildman–Crippen MR) is 77.5 cm³/mol. The minimum absolute atomic E-state index is 0.454. The van der Waals surface area contributed by atoms with Crippen LogP contribution < -0.4 is 10.2 Å². The van der Waals surface area contributed by atoms with Gasteiger partial charge in [-0.2, -0.15) is 0 Å². The molecule has 17 heavy (non-hydrogen) atoms. The first-order chi connectivity index (χ1) is 8.02. The van der Waals surface area contributed by atoms with Crippen molar-refractivity contribution in [1.82, 2.24) is 5.32 Å². The number of rotatable bonds is 3. The highest BCUT2D eigenvalue weighted by molar-refractivity contribution is 9.10. The van der Waals surface area contributed by atoms with Gasteiger partial charge in [0.25, 0.3) is 0 Å². The zero-order valence-corrected chi connectivity index (χ0v) is 12.5. The van der Waals surface area contributed by atoms with Gasteiger partial charge >= 0.3 is 0 Å². The van der Waals surface area contributed by atoms with Crippen molar-refractivity contribution < 1.29 is 0 Å². The molecular formula is C14H21BrN2. The molecule has 0 saturated carbocycles. The molecule has 0 unspecified atom stereocenters. The third-order valence-corrected chi connectivity index (χ3v) is 4.18. The first-order valence-corrected chi connectivity index (χ1v) is 6.99. The highest BCUT2D eigenvalue weighted by Crippen LogP contribution is 2.34. The molecule has 2 rings (SSSR count). The summed E-state index contributed by atoms with van der Waals surface area (Å²) in [7, 11) is 1.98. The van der Waals surface area contributed by atoms with Crippen molar-refractivity contribution >= 4 is 21.6 Å². The van der Waals surface area contributed by atoms with Gasteiger partial charge < -0.3 is 10.2 Å². The van der Waals surface area contributed by atoms with E-state index in [1.165, 1.54) is 28.7 Å². The van der Waals surface area contributed by atoms with Crippen LogP contribution in [-0.4, -0.2) is 20.1 Å². The van der Waals surface area contributed by atoms with Gasteiger partial charge in [0.2, 0.25) is 0 Å². The molecule has 1 saturated heterocycles. The number of nitrogens with zero attached hydrogens (tertiary/aromatic N) is 1. The molecule has 1 N–H and O–H groups in total. The number of halogens is 1. The van der Waals surface area contributed by atoms with Gasteiger partial charge in [-0.25, -0.2) is 0 Å².